The average molecular weight is 247 g/mol. The highest BCUT2D eigenvalue weighted by Crippen LogP contribution is 2.28. The van der Waals surface area contributed by atoms with Crippen LogP contribution in [0.5, 0.6) is 5.75 Å². The van der Waals surface area contributed by atoms with E-state index < -0.39 is 0 Å². The average Bonchev–Trinajstić information content (AvgIpc) is 2.24. The third-order valence-corrected chi connectivity index (χ3v) is 3.16. The molecule has 1 fully saturated rings. The minimum atomic E-state index is 0.141. The molecular formula is C15H21NO2. The lowest BCUT2D eigenvalue weighted by atomic mass is 9.85. The Labute approximate surface area is 109 Å². The summed E-state index contributed by atoms with van der Waals surface area (Å²) in [5, 5.41) is 2.95. The zero-order valence-electron chi connectivity index (χ0n) is 11.1. The number of rotatable bonds is 5. The fourth-order valence-electron chi connectivity index (χ4n) is 1.84. The molecule has 0 spiro atoms. The molecule has 1 aliphatic rings. The molecule has 3 heteroatoms. The van der Waals surface area contributed by atoms with E-state index in [-0.39, 0.29) is 11.8 Å². The smallest absolute Gasteiger partial charge is 0.227 e. The van der Waals surface area contributed by atoms with Gasteiger partial charge in [0.1, 0.15) is 5.75 Å². The summed E-state index contributed by atoms with van der Waals surface area (Å²) >= 11 is 0. The van der Waals surface area contributed by atoms with Crippen LogP contribution in [0.1, 0.15) is 33.1 Å². The topological polar surface area (TPSA) is 38.3 Å². The third-order valence-electron chi connectivity index (χ3n) is 3.16. The summed E-state index contributed by atoms with van der Waals surface area (Å²) in [6, 6.07) is 7.62. The van der Waals surface area contributed by atoms with Crippen LogP contribution < -0.4 is 10.1 Å². The summed E-state index contributed by atoms with van der Waals surface area (Å²) in [6.45, 7) is 4.92. The molecule has 18 heavy (non-hydrogen) atoms. The number of anilines is 1. The lowest BCUT2D eigenvalue weighted by Crippen LogP contribution is -2.27. The van der Waals surface area contributed by atoms with E-state index in [1.807, 2.05) is 24.3 Å². The Morgan fingerprint density at radius 3 is 2.83 bits per heavy atom. The molecule has 1 amide bonds. The van der Waals surface area contributed by atoms with Gasteiger partial charge in [0.15, 0.2) is 0 Å². The van der Waals surface area contributed by atoms with Crippen LogP contribution in [0.3, 0.4) is 0 Å². The van der Waals surface area contributed by atoms with E-state index in [2.05, 4.69) is 19.2 Å². The first kappa shape index (κ1) is 12.9. The van der Waals surface area contributed by atoms with E-state index in [0.717, 1.165) is 24.3 Å². The van der Waals surface area contributed by atoms with Crippen LogP contribution in [0.4, 0.5) is 5.69 Å². The fourth-order valence-corrected chi connectivity index (χ4v) is 1.84. The van der Waals surface area contributed by atoms with Gasteiger partial charge in [-0.2, -0.15) is 0 Å². The maximum atomic E-state index is 11.8. The van der Waals surface area contributed by atoms with Gasteiger partial charge in [0.05, 0.1) is 6.61 Å². The Morgan fingerprint density at radius 1 is 1.44 bits per heavy atom. The Bertz CT molecular complexity index is 411. The van der Waals surface area contributed by atoms with Crippen molar-refractivity contribution in [2.24, 2.45) is 11.8 Å². The molecule has 0 unspecified atom stereocenters. The van der Waals surface area contributed by atoms with Gasteiger partial charge in [0.25, 0.3) is 0 Å². The zero-order chi connectivity index (χ0) is 13.0. The van der Waals surface area contributed by atoms with Crippen LogP contribution >= 0.6 is 0 Å². The second-order valence-corrected chi connectivity index (χ2v) is 5.35. The molecular weight excluding hydrogens is 226 g/mol. The van der Waals surface area contributed by atoms with Crippen LogP contribution in [-0.4, -0.2) is 12.5 Å². The van der Waals surface area contributed by atoms with Crippen LogP contribution in [0.25, 0.3) is 0 Å². The first-order chi connectivity index (χ1) is 8.65. The Hall–Kier alpha value is -1.51. The number of hydrogen-bond acceptors (Lipinski definition) is 2. The van der Waals surface area contributed by atoms with Gasteiger partial charge in [-0.1, -0.05) is 26.3 Å². The minimum absolute atomic E-state index is 0.141. The van der Waals surface area contributed by atoms with Crippen molar-refractivity contribution in [1.82, 2.24) is 0 Å². The molecule has 0 heterocycles. The minimum Gasteiger partial charge on any atom is -0.493 e. The molecule has 1 aromatic carbocycles. The second-order valence-electron chi connectivity index (χ2n) is 5.35. The Morgan fingerprint density at radius 2 is 2.22 bits per heavy atom. The van der Waals surface area contributed by atoms with Gasteiger partial charge < -0.3 is 10.1 Å². The van der Waals surface area contributed by atoms with Gasteiger partial charge in [0, 0.05) is 17.7 Å². The quantitative estimate of drug-likeness (QED) is 0.865. The van der Waals surface area contributed by atoms with Gasteiger partial charge in [0.2, 0.25) is 5.91 Å². The highest BCUT2D eigenvalue weighted by Gasteiger charge is 2.25. The summed E-state index contributed by atoms with van der Waals surface area (Å²) in [5.41, 5.74) is 0.827. The summed E-state index contributed by atoms with van der Waals surface area (Å²) in [5.74, 6) is 1.67. The number of amides is 1. The lowest BCUT2D eigenvalue weighted by Gasteiger charge is -2.24. The summed E-state index contributed by atoms with van der Waals surface area (Å²) in [6.07, 6.45) is 3.22. The van der Waals surface area contributed by atoms with E-state index in [0.29, 0.717) is 12.5 Å². The number of ether oxygens (including phenoxy) is 1. The summed E-state index contributed by atoms with van der Waals surface area (Å²) < 4.78 is 5.64. The van der Waals surface area contributed by atoms with Crippen molar-refractivity contribution in [1.29, 1.82) is 0 Å². The van der Waals surface area contributed by atoms with Crippen LogP contribution in [0.2, 0.25) is 0 Å². The molecule has 2 rings (SSSR count). The molecule has 0 radical (unpaired) electrons. The molecule has 0 aromatic heterocycles. The molecule has 0 bridgehead atoms. The van der Waals surface area contributed by atoms with Gasteiger partial charge >= 0.3 is 0 Å². The third kappa shape index (κ3) is 3.49. The van der Waals surface area contributed by atoms with Gasteiger partial charge in [-0.25, -0.2) is 0 Å². The van der Waals surface area contributed by atoms with Crippen molar-refractivity contribution in [2.45, 2.75) is 33.1 Å². The van der Waals surface area contributed by atoms with Gasteiger partial charge in [-0.15, -0.1) is 0 Å². The number of nitrogens with one attached hydrogen (secondary N) is 1. The number of benzene rings is 1. The monoisotopic (exact) mass is 247 g/mol. The molecule has 1 N–H and O–H groups in total. The predicted octanol–water partition coefficient (Wildman–Crippen LogP) is 3.46. The van der Waals surface area contributed by atoms with E-state index in [1.54, 1.807) is 0 Å². The fraction of sp³-hybridized carbons (Fsp3) is 0.533. The normalized spacial score (nSPS) is 15.3. The van der Waals surface area contributed by atoms with Crippen molar-refractivity contribution in [3.05, 3.63) is 24.3 Å². The predicted molar refractivity (Wildman–Crippen MR) is 72.7 cm³/mol. The van der Waals surface area contributed by atoms with Crippen LogP contribution in [-0.2, 0) is 4.79 Å². The standard InChI is InChI=1S/C15H21NO2/c1-11(2)10-18-14-8-4-7-13(9-14)16-15(17)12-5-3-6-12/h4,7-9,11-12H,3,5-6,10H2,1-2H3,(H,16,17). The molecule has 98 valence electrons. The van der Waals surface area contributed by atoms with E-state index in [1.165, 1.54) is 6.42 Å². The van der Waals surface area contributed by atoms with Crippen molar-refractivity contribution >= 4 is 11.6 Å². The number of carbonyl (C=O) groups excluding carboxylic acids is 1. The van der Waals surface area contributed by atoms with Crippen molar-refractivity contribution in [3.8, 4) is 5.75 Å². The maximum Gasteiger partial charge on any atom is 0.227 e. The zero-order valence-corrected chi connectivity index (χ0v) is 11.1. The van der Waals surface area contributed by atoms with Crippen LogP contribution in [0, 0.1) is 11.8 Å². The molecule has 3 nitrogen and oxygen atoms in total. The highest BCUT2D eigenvalue weighted by molar-refractivity contribution is 5.93. The van der Waals surface area contributed by atoms with Gasteiger partial charge in [-0.3, -0.25) is 4.79 Å². The molecule has 0 atom stereocenters. The Kier molecular flexibility index (Phi) is 4.24. The van der Waals surface area contributed by atoms with Crippen LogP contribution in [0.15, 0.2) is 24.3 Å². The van der Waals surface area contributed by atoms with Gasteiger partial charge in [-0.05, 0) is 30.9 Å². The highest BCUT2D eigenvalue weighted by atomic mass is 16.5. The largest absolute Gasteiger partial charge is 0.493 e. The molecule has 1 aliphatic carbocycles. The molecule has 1 aromatic rings. The van der Waals surface area contributed by atoms with E-state index in [4.69, 9.17) is 4.74 Å². The maximum absolute atomic E-state index is 11.8. The van der Waals surface area contributed by atoms with Crippen molar-refractivity contribution < 1.29 is 9.53 Å². The second kappa shape index (κ2) is 5.89. The molecule has 0 saturated heterocycles. The van der Waals surface area contributed by atoms with Crippen molar-refractivity contribution in [3.63, 3.8) is 0 Å². The molecule has 0 aliphatic heterocycles. The SMILES string of the molecule is CC(C)COc1cccc(NC(=O)C2CCC2)c1. The van der Waals surface area contributed by atoms with Crippen molar-refractivity contribution in [2.75, 3.05) is 11.9 Å². The first-order valence-corrected chi connectivity index (χ1v) is 6.69. The molecule has 1 saturated carbocycles. The lowest BCUT2D eigenvalue weighted by molar-refractivity contribution is -0.122. The number of carbonyl (C=O) groups is 1. The summed E-state index contributed by atoms with van der Waals surface area (Å²) in [7, 11) is 0. The number of hydrogen-bond donors (Lipinski definition) is 1. The first-order valence-electron chi connectivity index (χ1n) is 6.69. The Balaban J connectivity index is 1.91. The summed E-state index contributed by atoms with van der Waals surface area (Å²) in [4.78, 5) is 11.8. The van der Waals surface area contributed by atoms with E-state index >= 15 is 0 Å². The van der Waals surface area contributed by atoms with E-state index in [9.17, 15) is 4.79 Å².